The van der Waals surface area contributed by atoms with Gasteiger partial charge in [0.15, 0.2) is 5.89 Å². The summed E-state index contributed by atoms with van der Waals surface area (Å²) in [4.78, 5) is 42.5. The highest BCUT2D eigenvalue weighted by Crippen LogP contribution is 2.39. The summed E-state index contributed by atoms with van der Waals surface area (Å²) in [5, 5.41) is 0. The lowest BCUT2D eigenvalue weighted by atomic mass is 9.78. The maximum absolute atomic E-state index is 14.4. The molecule has 2 saturated carbocycles. The predicted molar refractivity (Wildman–Crippen MR) is 185 cm³/mol. The fraction of sp³-hybridized carbons (Fsp3) is 0.579. The Morgan fingerprint density at radius 2 is 1.73 bits per heavy atom. The van der Waals surface area contributed by atoms with Crippen LogP contribution in [-0.2, 0) is 16.0 Å². The lowest BCUT2D eigenvalue weighted by Crippen LogP contribution is -2.48. The van der Waals surface area contributed by atoms with Crippen LogP contribution in [-0.4, -0.2) is 84.8 Å². The van der Waals surface area contributed by atoms with Crippen LogP contribution >= 0.6 is 0 Å². The minimum Gasteiger partial charge on any atom is -0.496 e. The molecule has 10 heteroatoms. The van der Waals surface area contributed by atoms with Gasteiger partial charge in [-0.1, -0.05) is 19.1 Å². The number of hydrogen-bond acceptors (Lipinski definition) is 8. The number of amides is 2. The molecule has 1 aromatic carbocycles. The van der Waals surface area contributed by atoms with E-state index in [9.17, 15) is 9.59 Å². The molecule has 3 aromatic rings. The quantitative estimate of drug-likeness (QED) is 0.246. The van der Waals surface area contributed by atoms with Crippen molar-refractivity contribution in [3.05, 3.63) is 59.8 Å². The van der Waals surface area contributed by atoms with Crippen molar-refractivity contribution < 1.29 is 23.5 Å². The number of hydrogen-bond donors (Lipinski definition) is 0. The molecule has 1 saturated heterocycles. The number of aromatic nitrogens is 2. The number of ether oxygens (including phenoxy) is 2. The van der Waals surface area contributed by atoms with E-state index in [1.165, 1.54) is 11.1 Å². The molecule has 0 N–H and O–H groups in total. The van der Waals surface area contributed by atoms with Crippen LogP contribution in [0, 0.1) is 18.8 Å². The van der Waals surface area contributed by atoms with Crippen LogP contribution in [0.1, 0.15) is 81.2 Å². The Bertz CT molecular complexity index is 1530. The Labute approximate surface area is 284 Å². The lowest BCUT2D eigenvalue weighted by molar-refractivity contribution is -0.124. The second kappa shape index (κ2) is 15.5. The summed E-state index contributed by atoms with van der Waals surface area (Å²) in [5.74, 6) is 3.15. The number of anilines is 1. The molecular formula is C38H51N5O5. The van der Waals surface area contributed by atoms with Crippen molar-refractivity contribution in [2.75, 3.05) is 51.8 Å². The first-order valence-electron chi connectivity index (χ1n) is 17.8. The molecular weight excluding hydrogens is 606 g/mol. The fourth-order valence-electron chi connectivity index (χ4n) is 7.57. The van der Waals surface area contributed by atoms with Gasteiger partial charge in [-0.25, -0.2) is 14.8 Å². The second-order valence-corrected chi connectivity index (χ2v) is 13.9. The SMILES string of the molecule is CCc1nc(-c2ccnc(N(C[C@H]3CC[C@H](c4ccc(OC)c(C)c4)CC3)C(=O)[C@H]3CC[C@H](OC(=O)N4CCN(C)CC4)CC3)c2)co1. The number of methoxy groups -OCH3 is 1. The summed E-state index contributed by atoms with van der Waals surface area (Å²) in [6, 6.07) is 10.4. The number of oxazole rings is 1. The Kier molecular flexibility index (Phi) is 11.0. The smallest absolute Gasteiger partial charge is 0.410 e. The standard InChI is InChI=1S/C38H51N5O5/c1-5-36-40-33(25-47-36)31-16-17-39-35(23-31)43(24-27-6-8-28(9-7-27)30-12-15-34(46-4)26(2)22-30)37(44)29-10-13-32(14-11-29)48-38(45)42-20-18-41(3)19-21-42/h12,15-17,22-23,25,27-29,32H,5-11,13-14,18-21,24H2,1-4H3/t27-,28-,29-,32-. The van der Waals surface area contributed by atoms with E-state index < -0.39 is 0 Å². The van der Waals surface area contributed by atoms with E-state index in [1.54, 1.807) is 24.5 Å². The van der Waals surface area contributed by atoms with Crippen LogP contribution in [0.5, 0.6) is 5.75 Å². The van der Waals surface area contributed by atoms with Gasteiger partial charge < -0.3 is 23.7 Å². The van der Waals surface area contributed by atoms with Gasteiger partial charge >= 0.3 is 6.09 Å². The monoisotopic (exact) mass is 657 g/mol. The Morgan fingerprint density at radius 1 is 0.979 bits per heavy atom. The van der Waals surface area contributed by atoms with Gasteiger partial charge in [0.1, 0.15) is 29.6 Å². The number of likely N-dealkylation sites (N-methyl/N-ethyl adjacent to an activating group) is 1. The Morgan fingerprint density at radius 3 is 2.40 bits per heavy atom. The molecule has 2 amide bonds. The number of aryl methyl sites for hydroxylation is 2. The maximum atomic E-state index is 14.4. The average Bonchev–Trinajstić information content (AvgIpc) is 3.61. The van der Waals surface area contributed by atoms with Gasteiger partial charge in [-0.15, -0.1) is 0 Å². The molecule has 10 nitrogen and oxygen atoms in total. The van der Waals surface area contributed by atoms with Crippen LogP contribution in [0.25, 0.3) is 11.3 Å². The van der Waals surface area contributed by atoms with Crippen molar-refractivity contribution in [1.29, 1.82) is 0 Å². The molecule has 0 atom stereocenters. The third-order valence-corrected chi connectivity index (χ3v) is 10.7. The minimum absolute atomic E-state index is 0.116. The topological polar surface area (TPSA) is 101 Å². The van der Waals surface area contributed by atoms with Crippen molar-refractivity contribution in [3.63, 3.8) is 0 Å². The normalized spacial score (nSPS) is 23.5. The predicted octanol–water partition coefficient (Wildman–Crippen LogP) is 6.87. The van der Waals surface area contributed by atoms with Gasteiger partial charge in [0.25, 0.3) is 0 Å². The van der Waals surface area contributed by atoms with E-state index in [4.69, 9.17) is 18.9 Å². The zero-order valence-electron chi connectivity index (χ0n) is 29.0. The molecule has 3 heterocycles. The van der Waals surface area contributed by atoms with Crippen molar-refractivity contribution in [2.45, 2.75) is 83.7 Å². The number of carbonyl (C=O) groups is 2. The molecule has 0 spiro atoms. The Balaban J connectivity index is 1.13. The third-order valence-electron chi connectivity index (χ3n) is 10.7. The first-order valence-corrected chi connectivity index (χ1v) is 17.8. The first kappa shape index (κ1) is 34.0. The number of nitrogens with zero attached hydrogens (tertiary/aromatic N) is 5. The lowest BCUT2D eigenvalue weighted by Gasteiger charge is -2.36. The molecule has 2 aliphatic carbocycles. The van der Waals surface area contributed by atoms with Crippen LogP contribution in [0.3, 0.4) is 0 Å². The molecule has 0 bridgehead atoms. The molecule has 1 aliphatic heterocycles. The largest absolute Gasteiger partial charge is 0.496 e. The van der Waals surface area contributed by atoms with E-state index in [2.05, 4.69) is 42.1 Å². The molecule has 2 aromatic heterocycles. The van der Waals surface area contributed by atoms with Gasteiger partial charge in [0.05, 0.1) is 7.11 Å². The maximum Gasteiger partial charge on any atom is 0.410 e. The highest BCUT2D eigenvalue weighted by Gasteiger charge is 2.35. The summed E-state index contributed by atoms with van der Waals surface area (Å²) < 4.78 is 17.0. The van der Waals surface area contributed by atoms with E-state index in [0.717, 1.165) is 55.8 Å². The molecule has 3 aliphatic rings. The van der Waals surface area contributed by atoms with Crippen molar-refractivity contribution in [1.82, 2.24) is 19.8 Å². The van der Waals surface area contributed by atoms with E-state index in [0.29, 0.717) is 75.3 Å². The van der Waals surface area contributed by atoms with E-state index >= 15 is 0 Å². The zero-order chi connectivity index (χ0) is 33.6. The van der Waals surface area contributed by atoms with Crippen molar-refractivity contribution in [3.8, 4) is 17.0 Å². The zero-order valence-corrected chi connectivity index (χ0v) is 29.0. The molecule has 258 valence electrons. The van der Waals surface area contributed by atoms with Crippen LogP contribution in [0.4, 0.5) is 10.6 Å². The fourth-order valence-corrected chi connectivity index (χ4v) is 7.57. The first-order chi connectivity index (χ1) is 23.3. The van der Waals surface area contributed by atoms with Crippen LogP contribution in [0.2, 0.25) is 0 Å². The van der Waals surface area contributed by atoms with E-state index in [-0.39, 0.29) is 24.0 Å². The summed E-state index contributed by atoms with van der Waals surface area (Å²) in [6.45, 7) is 7.87. The third kappa shape index (κ3) is 8.02. The number of pyridine rings is 1. The van der Waals surface area contributed by atoms with Gasteiger partial charge in [0, 0.05) is 56.8 Å². The number of rotatable bonds is 9. The van der Waals surface area contributed by atoms with E-state index in [1.807, 2.05) is 24.0 Å². The van der Waals surface area contributed by atoms with Crippen molar-refractivity contribution in [2.24, 2.45) is 11.8 Å². The number of benzene rings is 1. The minimum atomic E-state index is -0.222. The summed E-state index contributed by atoms with van der Waals surface area (Å²) in [5.41, 5.74) is 4.18. The van der Waals surface area contributed by atoms with Crippen LogP contribution < -0.4 is 9.64 Å². The molecule has 48 heavy (non-hydrogen) atoms. The molecule has 0 radical (unpaired) electrons. The highest BCUT2D eigenvalue weighted by molar-refractivity contribution is 5.94. The summed E-state index contributed by atoms with van der Waals surface area (Å²) in [6.07, 6.45) is 10.9. The molecule has 0 unspecified atom stereocenters. The van der Waals surface area contributed by atoms with Crippen molar-refractivity contribution >= 4 is 17.8 Å². The number of piperazine rings is 1. The van der Waals surface area contributed by atoms with Gasteiger partial charge in [0.2, 0.25) is 5.91 Å². The highest BCUT2D eigenvalue weighted by atomic mass is 16.6. The summed E-state index contributed by atoms with van der Waals surface area (Å²) >= 11 is 0. The second-order valence-electron chi connectivity index (χ2n) is 13.9. The van der Waals surface area contributed by atoms with Gasteiger partial charge in [-0.05, 0) is 106 Å². The average molecular weight is 658 g/mol. The molecule has 3 fully saturated rings. The number of carbonyl (C=O) groups excluding carboxylic acids is 2. The molecule has 6 rings (SSSR count). The summed E-state index contributed by atoms with van der Waals surface area (Å²) in [7, 11) is 3.79. The van der Waals surface area contributed by atoms with Gasteiger partial charge in [-0.2, -0.15) is 0 Å². The van der Waals surface area contributed by atoms with Gasteiger partial charge in [-0.3, -0.25) is 9.69 Å². The Hall–Kier alpha value is -3.92. The van der Waals surface area contributed by atoms with Crippen LogP contribution in [0.15, 0.2) is 47.2 Å².